The number of rotatable bonds is 4. The Morgan fingerprint density at radius 1 is 0.875 bits per heavy atom. The summed E-state index contributed by atoms with van der Waals surface area (Å²) < 4.78 is 12.6. The number of anilines is 1. The molecule has 0 spiro atoms. The molecule has 0 aliphatic carbocycles. The van der Waals surface area contributed by atoms with E-state index in [9.17, 15) is 4.79 Å². The fourth-order valence-electron chi connectivity index (χ4n) is 3.45. The largest absolute Gasteiger partial charge is 0.451 e. The molecule has 5 nitrogen and oxygen atoms in total. The molecule has 1 amide bonds. The highest BCUT2D eigenvalue weighted by Gasteiger charge is 2.15. The van der Waals surface area contributed by atoms with Gasteiger partial charge in [0.05, 0.1) is 0 Å². The third-order valence-electron chi connectivity index (χ3n) is 5.34. The first kappa shape index (κ1) is 20.3. The average molecular weight is 487 g/mol. The highest BCUT2D eigenvalue weighted by molar-refractivity contribution is 9.10. The van der Waals surface area contributed by atoms with Crippen LogP contribution in [0.15, 0.2) is 86.1 Å². The molecule has 1 N–H and O–H groups in total. The van der Waals surface area contributed by atoms with E-state index in [-0.39, 0.29) is 11.7 Å². The zero-order valence-electron chi connectivity index (χ0n) is 17.5. The summed E-state index contributed by atoms with van der Waals surface area (Å²) in [5.74, 6) is 1.10. The maximum atomic E-state index is 12.7. The molecule has 0 unspecified atom stereocenters. The van der Waals surface area contributed by atoms with Gasteiger partial charge < -0.3 is 14.2 Å². The van der Waals surface area contributed by atoms with Crippen molar-refractivity contribution in [1.82, 2.24) is 4.98 Å². The van der Waals surface area contributed by atoms with Gasteiger partial charge in [0.2, 0.25) is 5.89 Å². The molecule has 5 rings (SSSR count). The van der Waals surface area contributed by atoms with Crippen LogP contribution in [0.1, 0.15) is 21.7 Å². The number of nitrogens with zero attached hydrogens (tertiary/aromatic N) is 1. The quantitative estimate of drug-likeness (QED) is 0.287. The number of carbonyl (C=O) groups excluding carboxylic acids is 1. The number of hydrogen-bond donors (Lipinski definition) is 1. The predicted octanol–water partition coefficient (Wildman–Crippen LogP) is 7.39. The van der Waals surface area contributed by atoms with Gasteiger partial charge in [-0.25, -0.2) is 4.98 Å². The Morgan fingerprint density at radius 3 is 2.56 bits per heavy atom. The Balaban J connectivity index is 1.37. The number of carbonyl (C=O) groups is 1. The second kappa shape index (κ2) is 8.13. The molecule has 0 saturated heterocycles. The molecule has 2 aromatic heterocycles. The summed E-state index contributed by atoms with van der Waals surface area (Å²) in [5, 5.41) is 2.87. The normalized spacial score (nSPS) is 11.1. The molecule has 32 heavy (non-hydrogen) atoms. The Hall–Kier alpha value is -3.64. The summed E-state index contributed by atoms with van der Waals surface area (Å²) in [5.41, 5.74) is 6.12. The van der Waals surface area contributed by atoms with Gasteiger partial charge in [-0.05, 0) is 79.6 Å². The lowest BCUT2D eigenvalue weighted by Crippen LogP contribution is -2.10. The van der Waals surface area contributed by atoms with Crippen molar-refractivity contribution in [3.8, 4) is 22.8 Å². The number of furan rings is 1. The molecule has 0 fully saturated rings. The SMILES string of the molecule is Cc1ccc(-c2ccc(C(=O)Nc3ccc4oc(-c5cccc(Br)c5)nc4c3)o2)cc1C. The summed E-state index contributed by atoms with van der Waals surface area (Å²) in [6, 6.07) is 22.7. The minimum Gasteiger partial charge on any atom is -0.451 e. The van der Waals surface area contributed by atoms with E-state index in [2.05, 4.69) is 46.1 Å². The second-order valence-electron chi connectivity index (χ2n) is 7.63. The van der Waals surface area contributed by atoms with Crippen LogP contribution in [0.5, 0.6) is 0 Å². The van der Waals surface area contributed by atoms with E-state index >= 15 is 0 Å². The first-order chi connectivity index (χ1) is 15.5. The summed E-state index contributed by atoms with van der Waals surface area (Å²) in [6.07, 6.45) is 0. The number of benzene rings is 3. The monoisotopic (exact) mass is 486 g/mol. The lowest BCUT2D eigenvalue weighted by Gasteiger charge is -2.04. The first-order valence-electron chi connectivity index (χ1n) is 10.1. The summed E-state index contributed by atoms with van der Waals surface area (Å²) in [6.45, 7) is 4.12. The molecule has 0 atom stereocenters. The minimum absolute atomic E-state index is 0.244. The van der Waals surface area contributed by atoms with Crippen molar-refractivity contribution in [3.05, 3.63) is 94.2 Å². The fraction of sp³-hybridized carbons (Fsp3) is 0.0769. The number of hydrogen-bond acceptors (Lipinski definition) is 4. The van der Waals surface area contributed by atoms with Crippen LogP contribution in [0.25, 0.3) is 33.9 Å². The molecule has 0 bridgehead atoms. The zero-order valence-corrected chi connectivity index (χ0v) is 19.1. The van der Waals surface area contributed by atoms with Crippen molar-refractivity contribution in [1.29, 1.82) is 0 Å². The number of fused-ring (bicyclic) bond motifs is 1. The maximum absolute atomic E-state index is 12.7. The van der Waals surface area contributed by atoms with Gasteiger partial charge in [0.25, 0.3) is 5.91 Å². The summed E-state index contributed by atoms with van der Waals surface area (Å²) in [4.78, 5) is 17.3. The summed E-state index contributed by atoms with van der Waals surface area (Å²) in [7, 11) is 0. The van der Waals surface area contributed by atoms with Crippen molar-refractivity contribution < 1.29 is 13.6 Å². The van der Waals surface area contributed by atoms with Crippen molar-refractivity contribution in [2.75, 3.05) is 5.32 Å². The topological polar surface area (TPSA) is 68.3 Å². The van der Waals surface area contributed by atoms with E-state index in [0.29, 0.717) is 28.4 Å². The lowest BCUT2D eigenvalue weighted by atomic mass is 10.1. The molecule has 158 valence electrons. The standard InChI is InChI=1S/C26H19BrN2O3/c1-15-6-7-17(12-16(15)2)22-10-11-24(31-22)25(30)28-20-8-9-23-21(14-20)29-26(32-23)18-4-3-5-19(27)13-18/h3-14H,1-2H3,(H,28,30). The van der Waals surface area contributed by atoms with Gasteiger partial charge in [-0.1, -0.05) is 34.1 Å². The molecule has 5 aromatic rings. The van der Waals surface area contributed by atoms with E-state index in [1.807, 2.05) is 42.5 Å². The first-order valence-corrected chi connectivity index (χ1v) is 10.9. The van der Waals surface area contributed by atoms with Crippen LogP contribution in [-0.2, 0) is 0 Å². The molecular formula is C26H19BrN2O3. The van der Waals surface area contributed by atoms with Crippen molar-refractivity contribution in [3.63, 3.8) is 0 Å². The molecule has 0 saturated carbocycles. The van der Waals surface area contributed by atoms with Gasteiger partial charge in [0.1, 0.15) is 11.3 Å². The molecule has 0 radical (unpaired) electrons. The fourth-order valence-corrected chi connectivity index (χ4v) is 3.85. The van der Waals surface area contributed by atoms with Crippen LogP contribution in [0.2, 0.25) is 0 Å². The Kier molecular flexibility index (Phi) is 5.15. The van der Waals surface area contributed by atoms with E-state index < -0.39 is 0 Å². The van der Waals surface area contributed by atoms with E-state index in [1.54, 1.807) is 24.3 Å². The van der Waals surface area contributed by atoms with Gasteiger partial charge >= 0.3 is 0 Å². The maximum Gasteiger partial charge on any atom is 0.291 e. The number of halogens is 1. The van der Waals surface area contributed by atoms with Crippen LogP contribution in [-0.4, -0.2) is 10.9 Å². The van der Waals surface area contributed by atoms with E-state index in [1.165, 1.54) is 11.1 Å². The van der Waals surface area contributed by atoms with Gasteiger partial charge in [-0.3, -0.25) is 4.79 Å². The van der Waals surface area contributed by atoms with Gasteiger partial charge in [-0.15, -0.1) is 0 Å². The number of amides is 1. The Labute approximate surface area is 193 Å². The number of aromatic nitrogens is 1. The predicted molar refractivity (Wildman–Crippen MR) is 129 cm³/mol. The Bertz CT molecular complexity index is 1470. The molecule has 6 heteroatoms. The highest BCUT2D eigenvalue weighted by atomic mass is 79.9. The third-order valence-corrected chi connectivity index (χ3v) is 5.83. The van der Waals surface area contributed by atoms with E-state index in [4.69, 9.17) is 8.83 Å². The molecule has 0 aliphatic rings. The molecule has 0 aliphatic heterocycles. The number of oxazole rings is 1. The molecular weight excluding hydrogens is 468 g/mol. The number of aryl methyl sites for hydroxylation is 2. The molecule has 2 heterocycles. The van der Waals surface area contributed by atoms with E-state index in [0.717, 1.165) is 15.6 Å². The van der Waals surface area contributed by atoms with Crippen LogP contribution < -0.4 is 5.32 Å². The second-order valence-corrected chi connectivity index (χ2v) is 8.54. The van der Waals surface area contributed by atoms with Gasteiger partial charge in [-0.2, -0.15) is 0 Å². The molecule has 3 aromatic carbocycles. The summed E-state index contributed by atoms with van der Waals surface area (Å²) >= 11 is 3.46. The zero-order chi connectivity index (χ0) is 22.2. The van der Waals surface area contributed by atoms with Gasteiger partial charge in [0.15, 0.2) is 11.3 Å². The lowest BCUT2D eigenvalue weighted by molar-refractivity contribution is 0.0997. The average Bonchev–Trinajstić information content (AvgIpc) is 3.43. The van der Waals surface area contributed by atoms with Crippen LogP contribution >= 0.6 is 15.9 Å². The van der Waals surface area contributed by atoms with Crippen LogP contribution in [0.3, 0.4) is 0 Å². The smallest absolute Gasteiger partial charge is 0.291 e. The van der Waals surface area contributed by atoms with Crippen molar-refractivity contribution in [2.45, 2.75) is 13.8 Å². The van der Waals surface area contributed by atoms with Gasteiger partial charge in [0, 0.05) is 21.3 Å². The van der Waals surface area contributed by atoms with Crippen molar-refractivity contribution >= 4 is 38.6 Å². The van der Waals surface area contributed by atoms with Crippen LogP contribution in [0, 0.1) is 13.8 Å². The third kappa shape index (κ3) is 3.97. The van der Waals surface area contributed by atoms with Crippen molar-refractivity contribution in [2.24, 2.45) is 0 Å². The minimum atomic E-state index is -0.324. The highest BCUT2D eigenvalue weighted by Crippen LogP contribution is 2.29. The Morgan fingerprint density at radius 2 is 1.75 bits per heavy atom. The number of nitrogens with one attached hydrogen (secondary N) is 1. The van der Waals surface area contributed by atoms with Crippen LogP contribution in [0.4, 0.5) is 5.69 Å².